The molecule has 1 aliphatic heterocycles. The van der Waals surface area contributed by atoms with E-state index in [0.29, 0.717) is 0 Å². The second-order valence-electron chi connectivity index (χ2n) is 4.34. The number of benzene rings is 1. The van der Waals surface area contributed by atoms with Crippen LogP contribution in [0.4, 0.5) is 10.1 Å². The lowest BCUT2D eigenvalue weighted by atomic mass is 9.97. The van der Waals surface area contributed by atoms with Crippen molar-refractivity contribution < 1.29 is 4.39 Å². The molecule has 1 aliphatic rings. The molecule has 0 spiro atoms. The van der Waals surface area contributed by atoms with Gasteiger partial charge in [0, 0.05) is 5.69 Å². The summed E-state index contributed by atoms with van der Waals surface area (Å²) in [6, 6.07) is 4.72. The lowest BCUT2D eigenvalue weighted by molar-refractivity contribution is 0.296. The quantitative estimate of drug-likeness (QED) is 0.727. The molecule has 17 heavy (non-hydrogen) atoms. The number of nitrogens with one attached hydrogen (secondary N) is 3. The smallest absolute Gasteiger partial charge is 0.141 e. The Kier molecular flexibility index (Phi) is 3.86. The molecule has 0 atom stereocenters. The van der Waals surface area contributed by atoms with Gasteiger partial charge in [0.25, 0.3) is 0 Å². The van der Waals surface area contributed by atoms with E-state index in [0.717, 1.165) is 31.6 Å². The van der Waals surface area contributed by atoms with Gasteiger partial charge in [-0.3, -0.25) is 5.32 Å². The van der Waals surface area contributed by atoms with Gasteiger partial charge in [-0.2, -0.15) is 0 Å². The molecule has 0 amide bonds. The number of piperidine rings is 1. The van der Waals surface area contributed by atoms with Crippen LogP contribution in [0.3, 0.4) is 0 Å². The van der Waals surface area contributed by atoms with Crippen LogP contribution in [0.15, 0.2) is 18.2 Å². The second kappa shape index (κ2) is 5.21. The lowest BCUT2D eigenvalue weighted by Gasteiger charge is -2.39. The highest BCUT2D eigenvalue weighted by Crippen LogP contribution is 2.25. The SMILES string of the molecule is CNC1(Nc2ccc(F)c(Cl)c2)CCNCC1. The molecule has 3 nitrogen and oxygen atoms in total. The molecular formula is C12H17ClFN3. The van der Waals surface area contributed by atoms with Crippen LogP contribution in [0.5, 0.6) is 0 Å². The fourth-order valence-electron chi connectivity index (χ4n) is 2.14. The van der Waals surface area contributed by atoms with Crippen molar-refractivity contribution in [1.82, 2.24) is 10.6 Å². The van der Waals surface area contributed by atoms with Gasteiger partial charge in [0.05, 0.1) is 10.7 Å². The highest BCUT2D eigenvalue weighted by molar-refractivity contribution is 6.31. The Morgan fingerprint density at radius 1 is 1.35 bits per heavy atom. The van der Waals surface area contributed by atoms with Gasteiger partial charge in [-0.25, -0.2) is 4.39 Å². The van der Waals surface area contributed by atoms with E-state index in [9.17, 15) is 4.39 Å². The minimum absolute atomic E-state index is 0.133. The van der Waals surface area contributed by atoms with Crippen LogP contribution >= 0.6 is 11.6 Å². The number of rotatable bonds is 3. The van der Waals surface area contributed by atoms with Crippen LogP contribution in [-0.2, 0) is 0 Å². The molecule has 3 N–H and O–H groups in total. The van der Waals surface area contributed by atoms with Gasteiger partial charge in [0.2, 0.25) is 0 Å². The van der Waals surface area contributed by atoms with Crippen molar-refractivity contribution in [1.29, 1.82) is 0 Å². The molecule has 0 saturated carbocycles. The molecule has 0 unspecified atom stereocenters. The number of halogens is 2. The van der Waals surface area contributed by atoms with Crippen LogP contribution in [0.1, 0.15) is 12.8 Å². The molecule has 1 fully saturated rings. The molecular weight excluding hydrogens is 241 g/mol. The molecule has 1 saturated heterocycles. The first kappa shape index (κ1) is 12.6. The Morgan fingerprint density at radius 3 is 2.65 bits per heavy atom. The molecule has 1 aromatic carbocycles. The Balaban J connectivity index is 2.14. The maximum atomic E-state index is 13.1. The second-order valence-corrected chi connectivity index (χ2v) is 4.74. The summed E-state index contributed by atoms with van der Waals surface area (Å²) in [4.78, 5) is 0. The van der Waals surface area contributed by atoms with E-state index >= 15 is 0 Å². The van der Waals surface area contributed by atoms with Gasteiger partial charge >= 0.3 is 0 Å². The van der Waals surface area contributed by atoms with E-state index < -0.39 is 0 Å². The summed E-state index contributed by atoms with van der Waals surface area (Å²) < 4.78 is 13.1. The molecule has 0 aromatic heterocycles. The molecule has 0 aliphatic carbocycles. The molecule has 0 radical (unpaired) electrons. The van der Waals surface area contributed by atoms with Crippen LogP contribution in [-0.4, -0.2) is 25.8 Å². The van der Waals surface area contributed by atoms with Crippen molar-refractivity contribution in [2.24, 2.45) is 0 Å². The van der Waals surface area contributed by atoms with Gasteiger partial charge in [-0.05, 0) is 51.2 Å². The summed E-state index contributed by atoms with van der Waals surface area (Å²) in [5.74, 6) is -0.388. The molecule has 1 heterocycles. The van der Waals surface area contributed by atoms with Crippen LogP contribution < -0.4 is 16.0 Å². The predicted molar refractivity (Wildman–Crippen MR) is 68.9 cm³/mol. The maximum absolute atomic E-state index is 13.1. The minimum atomic E-state index is -0.388. The van der Waals surface area contributed by atoms with Gasteiger partial charge in [-0.15, -0.1) is 0 Å². The van der Waals surface area contributed by atoms with E-state index in [-0.39, 0.29) is 16.5 Å². The van der Waals surface area contributed by atoms with Crippen LogP contribution in [0.25, 0.3) is 0 Å². The van der Waals surface area contributed by atoms with Crippen molar-refractivity contribution in [3.63, 3.8) is 0 Å². The van der Waals surface area contributed by atoms with Crippen molar-refractivity contribution in [2.45, 2.75) is 18.5 Å². The first-order valence-corrected chi connectivity index (χ1v) is 6.16. The van der Waals surface area contributed by atoms with E-state index in [1.165, 1.54) is 6.07 Å². The molecule has 2 rings (SSSR count). The Hall–Kier alpha value is -0.840. The van der Waals surface area contributed by atoms with Gasteiger partial charge in [0.1, 0.15) is 5.82 Å². The highest BCUT2D eigenvalue weighted by atomic mass is 35.5. The summed E-state index contributed by atoms with van der Waals surface area (Å²) in [5.41, 5.74) is 0.708. The summed E-state index contributed by atoms with van der Waals surface area (Å²) >= 11 is 5.77. The molecule has 0 bridgehead atoms. The number of hydrogen-bond donors (Lipinski definition) is 3. The molecule has 1 aromatic rings. The number of hydrogen-bond acceptors (Lipinski definition) is 3. The van der Waals surface area contributed by atoms with Crippen molar-refractivity contribution >= 4 is 17.3 Å². The van der Waals surface area contributed by atoms with Crippen molar-refractivity contribution in [3.8, 4) is 0 Å². The summed E-state index contributed by atoms with van der Waals surface area (Å²) in [5, 5.41) is 10.2. The van der Waals surface area contributed by atoms with Gasteiger partial charge in [-0.1, -0.05) is 11.6 Å². The monoisotopic (exact) mass is 257 g/mol. The van der Waals surface area contributed by atoms with E-state index in [4.69, 9.17) is 11.6 Å². The topological polar surface area (TPSA) is 36.1 Å². The Labute approximate surface area is 106 Å². The van der Waals surface area contributed by atoms with Gasteiger partial charge < -0.3 is 10.6 Å². The third-order valence-electron chi connectivity index (χ3n) is 3.24. The van der Waals surface area contributed by atoms with Crippen molar-refractivity contribution in [2.75, 3.05) is 25.5 Å². The standard InChI is InChI=1S/C12H17ClFN3/c1-15-12(4-6-16-7-5-12)17-9-2-3-11(14)10(13)8-9/h2-3,8,15-17H,4-7H2,1H3. The fraction of sp³-hybridized carbons (Fsp3) is 0.500. The number of anilines is 1. The fourth-order valence-corrected chi connectivity index (χ4v) is 2.32. The minimum Gasteiger partial charge on any atom is -0.367 e. The zero-order valence-electron chi connectivity index (χ0n) is 9.82. The Morgan fingerprint density at radius 2 is 2.06 bits per heavy atom. The van der Waals surface area contributed by atoms with E-state index in [2.05, 4.69) is 16.0 Å². The zero-order valence-corrected chi connectivity index (χ0v) is 10.6. The maximum Gasteiger partial charge on any atom is 0.141 e. The summed E-state index contributed by atoms with van der Waals surface area (Å²) in [6.45, 7) is 1.92. The van der Waals surface area contributed by atoms with E-state index in [1.54, 1.807) is 12.1 Å². The third-order valence-corrected chi connectivity index (χ3v) is 3.53. The Bertz CT molecular complexity index is 391. The molecule has 94 valence electrons. The largest absolute Gasteiger partial charge is 0.367 e. The molecule has 5 heteroatoms. The highest BCUT2D eigenvalue weighted by Gasteiger charge is 2.29. The first-order chi connectivity index (χ1) is 8.15. The summed E-state index contributed by atoms with van der Waals surface area (Å²) in [6.07, 6.45) is 1.94. The van der Waals surface area contributed by atoms with Crippen LogP contribution in [0.2, 0.25) is 5.02 Å². The average molecular weight is 258 g/mol. The van der Waals surface area contributed by atoms with Crippen LogP contribution in [0, 0.1) is 5.82 Å². The predicted octanol–water partition coefficient (Wildman–Crippen LogP) is 2.19. The normalized spacial score (nSPS) is 19.0. The summed E-state index contributed by atoms with van der Waals surface area (Å²) in [7, 11) is 1.93. The lowest BCUT2D eigenvalue weighted by Crippen LogP contribution is -2.56. The van der Waals surface area contributed by atoms with Crippen molar-refractivity contribution in [3.05, 3.63) is 29.0 Å². The first-order valence-electron chi connectivity index (χ1n) is 5.78. The average Bonchev–Trinajstić information content (AvgIpc) is 2.35. The van der Waals surface area contributed by atoms with E-state index in [1.807, 2.05) is 7.05 Å². The van der Waals surface area contributed by atoms with Gasteiger partial charge in [0.15, 0.2) is 0 Å². The third kappa shape index (κ3) is 2.89. The zero-order chi connectivity index (χ0) is 12.3.